The molecule has 1 atom stereocenters. The van der Waals surface area contributed by atoms with Crippen molar-refractivity contribution in [2.24, 2.45) is 0 Å². The molecule has 19 heavy (non-hydrogen) atoms. The second-order valence-electron chi connectivity index (χ2n) is 5.01. The van der Waals surface area contributed by atoms with Gasteiger partial charge in [-0.15, -0.1) is 0 Å². The Morgan fingerprint density at radius 1 is 0.895 bits per heavy atom. The summed E-state index contributed by atoms with van der Waals surface area (Å²) in [5.41, 5.74) is 0. The van der Waals surface area contributed by atoms with Gasteiger partial charge >= 0.3 is 29.6 Å². The Hall–Kier alpha value is 0.940. The van der Waals surface area contributed by atoms with Gasteiger partial charge in [-0.25, -0.2) is 0 Å². The Morgan fingerprint density at radius 2 is 1.26 bits per heavy atom. The predicted octanol–water partition coefficient (Wildman–Crippen LogP) is 1.38. The molecule has 0 aromatic heterocycles. The molecule has 0 aromatic rings. The van der Waals surface area contributed by atoms with E-state index < -0.39 is 10.1 Å². The van der Waals surface area contributed by atoms with Crippen LogP contribution in [0.15, 0.2) is 0 Å². The van der Waals surface area contributed by atoms with Gasteiger partial charge in [-0.1, -0.05) is 71.1 Å². The van der Waals surface area contributed by atoms with E-state index in [1.807, 2.05) is 0 Å². The molecule has 1 unspecified atom stereocenters. The van der Waals surface area contributed by atoms with Crippen LogP contribution in [0, 0.1) is 0 Å². The summed E-state index contributed by atoms with van der Waals surface area (Å²) in [4.78, 5) is 0. The molecule has 5 heteroatoms. The van der Waals surface area contributed by atoms with E-state index in [0.29, 0.717) is 6.42 Å². The van der Waals surface area contributed by atoms with Crippen LogP contribution in [0.3, 0.4) is 0 Å². The topological polar surface area (TPSA) is 60.4 Å². The third-order valence-corrected chi connectivity index (χ3v) is 3.79. The standard InChI is InChI=1S/C14H30O3S.Na/c1-2-3-4-5-6-7-8-9-10-11-12-13-14-18(15,16)17;/h14H,2-13H2,1H3,(H2,15,16,17);/q;+1/p-1. The van der Waals surface area contributed by atoms with E-state index in [9.17, 15) is 8.76 Å². The van der Waals surface area contributed by atoms with Gasteiger partial charge in [0.25, 0.3) is 0 Å². The summed E-state index contributed by atoms with van der Waals surface area (Å²) < 4.78 is 29.3. The smallest absolute Gasteiger partial charge is 0.757 e. The first-order valence-electron chi connectivity index (χ1n) is 7.37. The first-order valence-corrected chi connectivity index (χ1v) is 8.87. The maximum absolute atomic E-state index is 10.4. The van der Waals surface area contributed by atoms with Gasteiger partial charge in [0.15, 0.2) is 0 Å². The van der Waals surface area contributed by atoms with E-state index in [-0.39, 0.29) is 29.6 Å². The molecule has 3 nitrogen and oxygen atoms in total. The Morgan fingerprint density at radius 3 is 1.63 bits per heavy atom. The van der Waals surface area contributed by atoms with Gasteiger partial charge in [-0.2, -0.15) is 0 Å². The van der Waals surface area contributed by atoms with Crippen molar-refractivity contribution in [3.63, 3.8) is 0 Å². The van der Waals surface area contributed by atoms with Crippen molar-refractivity contribution in [3.05, 3.63) is 0 Å². The molecule has 110 valence electrons. The molecular weight excluding hydrogens is 271 g/mol. The monoisotopic (exact) mass is 300 g/mol. The Kier molecular flexibility index (Phi) is 17.9. The number of rotatable bonds is 12. The van der Waals surface area contributed by atoms with Crippen molar-refractivity contribution in [3.8, 4) is 0 Å². The summed E-state index contributed by atoms with van der Waals surface area (Å²) in [5.74, 6) is 0. The van der Waals surface area contributed by atoms with Crippen LogP contribution in [0.5, 0.6) is 0 Å². The third kappa shape index (κ3) is 21.4. The molecule has 0 heterocycles. The third-order valence-electron chi connectivity index (χ3n) is 3.14. The van der Waals surface area contributed by atoms with E-state index in [2.05, 4.69) is 6.92 Å². The van der Waals surface area contributed by atoms with Crippen LogP contribution in [0.2, 0.25) is 0 Å². The molecule has 0 radical (unpaired) electrons. The van der Waals surface area contributed by atoms with Gasteiger partial charge in [-0.05, 0) is 18.2 Å². The van der Waals surface area contributed by atoms with Crippen LogP contribution in [0.25, 0.3) is 0 Å². The molecule has 1 N–H and O–H groups in total. The maximum Gasteiger partial charge on any atom is 1.00 e. The van der Waals surface area contributed by atoms with E-state index >= 15 is 0 Å². The Balaban J connectivity index is 0. The minimum absolute atomic E-state index is 0. The minimum Gasteiger partial charge on any atom is -0.757 e. The number of hydrogen-bond donors (Lipinski definition) is 1. The SMILES string of the molecule is CCCCCCCCCCCCCC=S(=O)([O-])O.[Na+]. The van der Waals surface area contributed by atoms with Gasteiger partial charge in [0.05, 0.1) is 0 Å². The van der Waals surface area contributed by atoms with Crippen LogP contribution in [0.1, 0.15) is 84.0 Å². The molecule has 0 saturated heterocycles. The zero-order valence-electron chi connectivity index (χ0n) is 12.7. The van der Waals surface area contributed by atoms with Crippen LogP contribution in [0.4, 0.5) is 0 Å². The zero-order valence-corrected chi connectivity index (χ0v) is 15.6. The normalized spacial score (nSPS) is 13.6. The van der Waals surface area contributed by atoms with Gasteiger partial charge in [-0.3, -0.25) is 4.21 Å². The Labute approximate surface area is 141 Å². The summed E-state index contributed by atoms with van der Waals surface area (Å²) in [6.45, 7) is 2.24. The molecule has 0 aromatic carbocycles. The summed E-state index contributed by atoms with van der Waals surface area (Å²) in [7, 11) is -3.86. The van der Waals surface area contributed by atoms with Crippen molar-refractivity contribution in [2.45, 2.75) is 84.0 Å². The molecule has 0 bridgehead atoms. The second kappa shape index (κ2) is 15.3. The summed E-state index contributed by atoms with van der Waals surface area (Å²) >= 11 is 0. The Bertz CT molecular complexity index is 278. The van der Waals surface area contributed by atoms with Crippen LogP contribution in [-0.4, -0.2) is 18.7 Å². The zero-order chi connectivity index (χ0) is 13.7. The molecule has 0 aliphatic rings. The van der Waals surface area contributed by atoms with E-state index in [1.165, 1.54) is 57.8 Å². The van der Waals surface area contributed by atoms with E-state index in [1.54, 1.807) is 0 Å². The fraction of sp³-hybridized carbons (Fsp3) is 0.929. The van der Waals surface area contributed by atoms with Gasteiger partial charge in [0, 0.05) is 10.1 Å². The number of hydrogen-bond acceptors (Lipinski definition) is 2. The van der Waals surface area contributed by atoms with Crippen molar-refractivity contribution in [1.29, 1.82) is 0 Å². The molecule has 0 amide bonds. The van der Waals surface area contributed by atoms with Gasteiger partial charge in [0.1, 0.15) is 0 Å². The molecular formula is C14H29NaO3S. The largest absolute Gasteiger partial charge is 1.00 e. The fourth-order valence-corrected chi connectivity index (χ4v) is 2.51. The van der Waals surface area contributed by atoms with Crippen LogP contribution in [-0.2, 0) is 10.1 Å². The average molecular weight is 300 g/mol. The first kappa shape index (κ1) is 22.2. The predicted molar refractivity (Wildman–Crippen MR) is 78.7 cm³/mol. The second-order valence-corrected chi connectivity index (χ2v) is 6.37. The van der Waals surface area contributed by atoms with Crippen molar-refractivity contribution >= 4 is 15.5 Å². The fourth-order valence-electron chi connectivity index (χ4n) is 2.04. The van der Waals surface area contributed by atoms with Crippen LogP contribution < -0.4 is 29.6 Å². The van der Waals surface area contributed by atoms with Gasteiger partial charge in [0.2, 0.25) is 0 Å². The van der Waals surface area contributed by atoms with E-state index in [4.69, 9.17) is 4.55 Å². The summed E-state index contributed by atoms with van der Waals surface area (Å²) in [6, 6.07) is 0. The number of unbranched alkanes of at least 4 members (excludes halogenated alkanes) is 11. The quantitative estimate of drug-likeness (QED) is 0.336. The summed E-state index contributed by atoms with van der Waals surface area (Å²) in [6.07, 6.45) is 14.2. The summed E-state index contributed by atoms with van der Waals surface area (Å²) in [5, 5.41) is 1.00. The maximum atomic E-state index is 10.4. The first-order chi connectivity index (χ1) is 8.56. The van der Waals surface area contributed by atoms with Crippen LogP contribution >= 0.6 is 0 Å². The van der Waals surface area contributed by atoms with E-state index in [0.717, 1.165) is 18.2 Å². The molecule has 0 aliphatic carbocycles. The van der Waals surface area contributed by atoms with Crippen molar-refractivity contribution in [2.75, 3.05) is 0 Å². The van der Waals surface area contributed by atoms with Gasteiger partial charge < -0.3 is 9.11 Å². The molecule has 0 spiro atoms. The van der Waals surface area contributed by atoms with Crippen molar-refractivity contribution < 1.29 is 42.9 Å². The average Bonchev–Trinajstić information content (AvgIpc) is 2.29. The molecule has 0 aliphatic heterocycles. The molecule has 0 saturated carbocycles. The minimum atomic E-state index is -3.86. The molecule has 0 fully saturated rings. The molecule has 0 rings (SSSR count). The van der Waals surface area contributed by atoms with Crippen molar-refractivity contribution in [1.82, 2.24) is 0 Å².